The smallest absolute Gasteiger partial charge is 0.171 e. The highest BCUT2D eigenvalue weighted by Gasteiger charge is 2.29. The van der Waals surface area contributed by atoms with Crippen molar-refractivity contribution >= 4 is 0 Å². The summed E-state index contributed by atoms with van der Waals surface area (Å²) in [4.78, 5) is 0. The maximum Gasteiger partial charge on any atom is 0.393 e. The molecule has 0 fully saturated rings. The van der Waals surface area contributed by atoms with E-state index in [1.165, 1.54) is 0 Å². The monoisotopic (exact) mass is 242 g/mol. The van der Waals surface area contributed by atoms with Gasteiger partial charge in [0.2, 0.25) is 0 Å². The molecule has 0 bridgehead atoms. The molecule has 6 heteroatoms. The second kappa shape index (κ2) is 4.35. The first-order valence-corrected chi connectivity index (χ1v) is 4.37. The van der Waals surface area contributed by atoms with Gasteiger partial charge >= 0.3 is 12.4 Å². The summed E-state index contributed by atoms with van der Waals surface area (Å²) in [7, 11) is 0. The summed E-state index contributed by atoms with van der Waals surface area (Å²) < 4.78 is 71.6. The molecular weight excluding hydrogens is 234 g/mol. The summed E-state index contributed by atoms with van der Waals surface area (Å²) >= 11 is 0. The zero-order chi connectivity index (χ0) is 12.4. The minimum absolute atomic E-state index is 0.0431. The number of benzene rings is 1. The van der Waals surface area contributed by atoms with Crippen LogP contribution in [0.25, 0.3) is 0 Å². The molecule has 0 atom stereocenters. The Morgan fingerprint density at radius 2 is 0.875 bits per heavy atom. The normalized spacial score (nSPS) is 12.9. The van der Waals surface area contributed by atoms with Crippen molar-refractivity contribution in [2.45, 2.75) is 25.2 Å². The number of hydrogen-bond acceptors (Lipinski definition) is 0. The van der Waals surface area contributed by atoms with E-state index in [9.17, 15) is 26.3 Å². The van der Waals surface area contributed by atoms with Crippen LogP contribution in [0.1, 0.15) is 11.1 Å². The summed E-state index contributed by atoms with van der Waals surface area (Å²) in [6.45, 7) is 0. The molecule has 0 spiro atoms. The third-order valence-electron chi connectivity index (χ3n) is 1.83. The standard InChI is InChI=1S/C10H8F6/c11-9(12,13)5-7-1-2-8(4-3-7)6-10(14,15)16/h1-4H,5-6H2. The predicted molar refractivity (Wildman–Crippen MR) is 46.0 cm³/mol. The summed E-state index contributed by atoms with van der Waals surface area (Å²) in [6, 6.07) is 4.26. The van der Waals surface area contributed by atoms with Crippen LogP contribution in [0.15, 0.2) is 24.3 Å². The molecule has 0 nitrogen and oxygen atoms in total. The first-order chi connectivity index (χ1) is 7.16. The molecule has 0 aliphatic heterocycles. The van der Waals surface area contributed by atoms with Gasteiger partial charge < -0.3 is 0 Å². The number of rotatable bonds is 2. The lowest BCUT2D eigenvalue weighted by Gasteiger charge is -2.08. The number of halogens is 6. The molecule has 1 aromatic rings. The average molecular weight is 242 g/mol. The highest BCUT2D eigenvalue weighted by atomic mass is 19.4. The van der Waals surface area contributed by atoms with Gasteiger partial charge in [-0.2, -0.15) is 26.3 Å². The lowest BCUT2D eigenvalue weighted by molar-refractivity contribution is -0.128. The van der Waals surface area contributed by atoms with Crippen molar-refractivity contribution in [3.63, 3.8) is 0 Å². The van der Waals surface area contributed by atoms with Crippen molar-refractivity contribution in [2.75, 3.05) is 0 Å². The third-order valence-corrected chi connectivity index (χ3v) is 1.83. The van der Waals surface area contributed by atoms with Crippen molar-refractivity contribution in [3.05, 3.63) is 35.4 Å². The maximum absolute atomic E-state index is 11.9. The van der Waals surface area contributed by atoms with E-state index in [4.69, 9.17) is 0 Å². The van der Waals surface area contributed by atoms with Crippen LogP contribution in [-0.2, 0) is 12.8 Å². The van der Waals surface area contributed by atoms with E-state index in [1.54, 1.807) is 0 Å². The van der Waals surface area contributed by atoms with Crippen molar-refractivity contribution < 1.29 is 26.3 Å². The third kappa shape index (κ3) is 5.04. The van der Waals surface area contributed by atoms with Crippen molar-refractivity contribution in [1.29, 1.82) is 0 Å². The second-order valence-electron chi connectivity index (χ2n) is 3.40. The van der Waals surface area contributed by atoms with Gasteiger partial charge in [-0.15, -0.1) is 0 Å². The zero-order valence-electron chi connectivity index (χ0n) is 7.99. The predicted octanol–water partition coefficient (Wildman–Crippen LogP) is 3.90. The fourth-order valence-electron chi connectivity index (χ4n) is 1.24. The van der Waals surface area contributed by atoms with Gasteiger partial charge in [0.05, 0.1) is 12.8 Å². The molecule has 1 rings (SSSR count). The first-order valence-electron chi connectivity index (χ1n) is 4.37. The Morgan fingerprint density at radius 1 is 0.625 bits per heavy atom. The molecular formula is C10H8F6. The van der Waals surface area contributed by atoms with Gasteiger partial charge in [-0.25, -0.2) is 0 Å². The maximum atomic E-state index is 11.9. The Morgan fingerprint density at radius 3 is 1.06 bits per heavy atom. The number of alkyl halides is 6. The van der Waals surface area contributed by atoms with Crippen LogP contribution >= 0.6 is 0 Å². The molecule has 0 amide bonds. The molecule has 16 heavy (non-hydrogen) atoms. The van der Waals surface area contributed by atoms with Gasteiger partial charge in [0, 0.05) is 0 Å². The van der Waals surface area contributed by atoms with Gasteiger partial charge in [-0.1, -0.05) is 24.3 Å². The molecule has 0 aliphatic carbocycles. The second-order valence-corrected chi connectivity index (χ2v) is 3.40. The molecule has 0 unspecified atom stereocenters. The van der Waals surface area contributed by atoms with E-state index in [1.807, 2.05) is 0 Å². The minimum Gasteiger partial charge on any atom is -0.171 e. The first kappa shape index (κ1) is 12.9. The van der Waals surface area contributed by atoms with Crippen LogP contribution < -0.4 is 0 Å². The lowest BCUT2D eigenvalue weighted by Crippen LogP contribution is -2.13. The molecule has 90 valence electrons. The average Bonchev–Trinajstić information content (AvgIpc) is 2.03. The molecule has 0 heterocycles. The van der Waals surface area contributed by atoms with Gasteiger partial charge in [0.1, 0.15) is 0 Å². The fraction of sp³-hybridized carbons (Fsp3) is 0.400. The van der Waals surface area contributed by atoms with Crippen LogP contribution in [-0.4, -0.2) is 12.4 Å². The Balaban J connectivity index is 2.69. The van der Waals surface area contributed by atoms with Crippen molar-refractivity contribution in [1.82, 2.24) is 0 Å². The molecule has 0 N–H and O–H groups in total. The zero-order valence-corrected chi connectivity index (χ0v) is 7.99. The van der Waals surface area contributed by atoms with E-state index in [0.29, 0.717) is 0 Å². The summed E-state index contributed by atoms with van der Waals surface area (Å²) in [5, 5.41) is 0. The van der Waals surface area contributed by atoms with Gasteiger partial charge in [-0.3, -0.25) is 0 Å². The van der Waals surface area contributed by atoms with Crippen LogP contribution in [0.4, 0.5) is 26.3 Å². The highest BCUT2D eigenvalue weighted by Crippen LogP contribution is 2.24. The molecule has 1 aromatic carbocycles. The van der Waals surface area contributed by atoms with Gasteiger partial charge in [0.15, 0.2) is 0 Å². The summed E-state index contributed by atoms with van der Waals surface area (Å²) in [6.07, 6.45) is -10.9. The van der Waals surface area contributed by atoms with Crippen LogP contribution in [0.2, 0.25) is 0 Å². The SMILES string of the molecule is FC(F)(F)Cc1ccc(CC(F)(F)F)cc1. The van der Waals surface area contributed by atoms with Gasteiger partial charge in [-0.05, 0) is 11.1 Å². The van der Waals surface area contributed by atoms with Crippen LogP contribution in [0.5, 0.6) is 0 Å². The molecule has 0 saturated heterocycles. The summed E-state index contributed by atoms with van der Waals surface area (Å²) in [5.74, 6) is 0. The Labute approximate surface area is 87.9 Å². The van der Waals surface area contributed by atoms with E-state index in [-0.39, 0.29) is 11.1 Å². The topological polar surface area (TPSA) is 0 Å². The van der Waals surface area contributed by atoms with Gasteiger partial charge in [0.25, 0.3) is 0 Å². The number of hydrogen-bond donors (Lipinski definition) is 0. The van der Waals surface area contributed by atoms with Crippen LogP contribution in [0.3, 0.4) is 0 Å². The Hall–Kier alpha value is -1.20. The largest absolute Gasteiger partial charge is 0.393 e. The Bertz CT molecular complexity index is 297. The molecule has 0 aliphatic rings. The summed E-state index contributed by atoms with van der Waals surface area (Å²) in [5.41, 5.74) is -0.0863. The van der Waals surface area contributed by atoms with Crippen molar-refractivity contribution in [3.8, 4) is 0 Å². The molecule has 0 saturated carbocycles. The Kier molecular flexibility index (Phi) is 3.50. The van der Waals surface area contributed by atoms with Crippen LogP contribution in [0, 0.1) is 0 Å². The van der Waals surface area contributed by atoms with E-state index < -0.39 is 25.2 Å². The molecule has 0 radical (unpaired) electrons. The van der Waals surface area contributed by atoms with E-state index in [2.05, 4.69) is 0 Å². The van der Waals surface area contributed by atoms with E-state index in [0.717, 1.165) is 24.3 Å². The minimum atomic E-state index is -4.34. The van der Waals surface area contributed by atoms with Crippen molar-refractivity contribution in [2.24, 2.45) is 0 Å². The fourth-order valence-corrected chi connectivity index (χ4v) is 1.24. The highest BCUT2D eigenvalue weighted by molar-refractivity contribution is 5.23. The lowest BCUT2D eigenvalue weighted by atomic mass is 10.1. The molecule has 0 aromatic heterocycles. The quantitative estimate of drug-likeness (QED) is 0.690. The van der Waals surface area contributed by atoms with E-state index >= 15 is 0 Å².